The van der Waals surface area contributed by atoms with Gasteiger partial charge in [-0.05, 0) is 69.2 Å². The number of aryl methyl sites for hydroxylation is 2. The Balaban J connectivity index is 1.88. The molecule has 26 heavy (non-hydrogen) atoms. The van der Waals surface area contributed by atoms with Crippen LogP contribution >= 0.6 is 0 Å². The maximum absolute atomic E-state index is 12.2. The van der Waals surface area contributed by atoms with E-state index in [-0.39, 0.29) is 18.9 Å². The molecule has 0 fully saturated rings. The van der Waals surface area contributed by atoms with E-state index in [4.69, 9.17) is 0 Å². The molecule has 2 rings (SSSR count). The minimum Gasteiger partial charge on any atom is -0.326 e. The molecule has 0 saturated heterocycles. The number of rotatable bonds is 8. The zero-order valence-corrected chi connectivity index (χ0v) is 16.9. The van der Waals surface area contributed by atoms with E-state index in [1.54, 1.807) is 0 Å². The lowest BCUT2D eigenvalue weighted by Gasteiger charge is -2.21. The fourth-order valence-corrected chi connectivity index (χ4v) is 3.96. The highest BCUT2D eigenvalue weighted by Crippen LogP contribution is 2.21. The first kappa shape index (κ1) is 20.6. The molecule has 5 nitrogen and oxygen atoms in total. The number of nitrogens with zero attached hydrogens (tertiary/aromatic N) is 1. The smallest absolute Gasteiger partial charge is 0.225 e. The Labute approximate surface area is 157 Å². The van der Waals surface area contributed by atoms with Crippen LogP contribution in [0.1, 0.15) is 49.7 Å². The summed E-state index contributed by atoms with van der Waals surface area (Å²) >= 11 is 0. The topological polar surface area (TPSA) is 66.5 Å². The van der Waals surface area contributed by atoms with Gasteiger partial charge in [0.15, 0.2) is 0 Å². The summed E-state index contributed by atoms with van der Waals surface area (Å²) in [6.45, 7) is 4.67. The van der Waals surface area contributed by atoms with Gasteiger partial charge in [-0.15, -0.1) is 0 Å². The summed E-state index contributed by atoms with van der Waals surface area (Å²) in [7, 11) is -3.32. The van der Waals surface area contributed by atoms with Gasteiger partial charge in [0.2, 0.25) is 15.9 Å². The Kier molecular flexibility index (Phi) is 7.41. The van der Waals surface area contributed by atoms with E-state index in [9.17, 15) is 13.2 Å². The van der Waals surface area contributed by atoms with Crippen molar-refractivity contribution in [1.29, 1.82) is 0 Å². The third-order valence-corrected chi connectivity index (χ3v) is 6.22. The van der Waals surface area contributed by atoms with E-state index in [1.165, 1.54) is 34.5 Å². The molecule has 0 bridgehead atoms. The molecule has 1 amide bonds. The molecule has 6 heteroatoms. The lowest BCUT2D eigenvalue weighted by atomic mass is 9.97. The normalized spacial score (nSPS) is 15.0. The van der Waals surface area contributed by atoms with Gasteiger partial charge in [0.25, 0.3) is 0 Å². The molecule has 0 heterocycles. The van der Waals surface area contributed by atoms with E-state index in [0.717, 1.165) is 30.5 Å². The second-order valence-corrected chi connectivity index (χ2v) is 9.10. The Bertz CT molecular complexity index is 769. The predicted molar refractivity (Wildman–Crippen MR) is 107 cm³/mol. The van der Waals surface area contributed by atoms with Crippen LogP contribution in [-0.2, 0) is 14.8 Å². The Hall–Kier alpha value is -1.66. The number of carbonyl (C=O) groups excluding carboxylic acids is 1. The van der Waals surface area contributed by atoms with Crippen LogP contribution in [0.4, 0.5) is 5.69 Å². The molecule has 1 aliphatic carbocycles. The number of anilines is 1. The van der Waals surface area contributed by atoms with Crippen LogP contribution < -0.4 is 5.32 Å². The summed E-state index contributed by atoms with van der Waals surface area (Å²) in [4.78, 5) is 12.2. The van der Waals surface area contributed by atoms with Crippen molar-refractivity contribution in [2.24, 2.45) is 0 Å². The molecule has 0 unspecified atom stereocenters. The van der Waals surface area contributed by atoms with Gasteiger partial charge in [0, 0.05) is 25.2 Å². The average molecular weight is 379 g/mol. The summed E-state index contributed by atoms with van der Waals surface area (Å²) in [6.07, 6.45) is 8.91. The molecule has 0 spiro atoms. The summed E-state index contributed by atoms with van der Waals surface area (Å²) in [5.74, 6) is -0.168. The molecule has 0 aliphatic heterocycles. The maximum Gasteiger partial charge on any atom is 0.225 e. The van der Waals surface area contributed by atoms with Crippen LogP contribution in [0.5, 0.6) is 0 Å². The first-order valence-electron chi connectivity index (χ1n) is 9.26. The average Bonchev–Trinajstić information content (AvgIpc) is 2.58. The summed E-state index contributed by atoms with van der Waals surface area (Å²) in [5, 5.41) is 2.85. The summed E-state index contributed by atoms with van der Waals surface area (Å²) in [6, 6.07) is 5.76. The van der Waals surface area contributed by atoms with Crippen LogP contribution in [-0.4, -0.2) is 38.0 Å². The molecule has 0 radical (unpaired) electrons. The second-order valence-electron chi connectivity index (χ2n) is 7.12. The monoisotopic (exact) mass is 378 g/mol. The van der Waals surface area contributed by atoms with Gasteiger partial charge in [-0.3, -0.25) is 4.79 Å². The van der Waals surface area contributed by atoms with Crippen molar-refractivity contribution in [1.82, 2.24) is 4.31 Å². The molecule has 0 atom stereocenters. The third-order valence-electron chi connectivity index (χ3n) is 4.92. The molecule has 1 aromatic carbocycles. The number of allylic oxidation sites excluding steroid dienone is 1. The minimum atomic E-state index is -3.32. The van der Waals surface area contributed by atoms with Crippen molar-refractivity contribution < 1.29 is 13.2 Å². The Morgan fingerprint density at radius 3 is 2.54 bits per heavy atom. The zero-order chi connectivity index (χ0) is 19.2. The standard InChI is InChI=1S/C20H30N2O3S/c1-16-9-10-19(15-17(16)2)21-20(23)12-14-22(26(3,24)25)13-11-18-7-5-4-6-8-18/h7,9-10,15H,4-6,8,11-14H2,1-3H3,(H,21,23). The van der Waals surface area contributed by atoms with Crippen molar-refractivity contribution in [3.8, 4) is 0 Å². The maximum atomic E-state index is 12.2. The largest absolute Gasteiger partial charge is 0.326 e. The lowest BCUT2D eigenvalue weighted by Crippen LogP contribution is -2.34. The van der Waals surface area contributed by atoms with E-state index >= 15 is 0 Å². The molecule has 144 valence electrons. The third kappa shape index (κ3) is 6.57. The Morgan fingerprint density at radius 2 is 1.92 bits per heavy atom. The summed E-state index contributed by atoms with van der Waals surface area (Å²) in [5.41, 5.74) is 4.37. The highest BCUT2D eigenvalue weighted by molar-refractivity contribution is 7.88. The zero-order valence-electron chi connectivity index (χ0n) is 16.0. The molecular formula is C20H30N2O3S. The van der Waals surface area contributed by atoms with Gasteiger partial charge in [0.1, 0.15) is 0 Å². The molecule has 1 aliphatic rings. The first-order chi connectivity index (χ1) is 12.3. The van der Waals surface area contributed by atoms with Gasteiger partial charge in [0.05, 0.1) is 6.26 Å². The number of benzene rings is 1. The summed E-state index contributed by atoms with van der Waals surface area (Å²) < 4.78 is 25.5. The number of amides is 1. The van der Waals surface area contributed by atoms with Crippen molar-refractivity contribution >= 4 is 21.6 Å². The quantitative estimate of drug-likeness (QED) is 0.700. The van der Waals surface area contributed by atoms with Gasteiger partial charge >= 0.3 is 0 Å². The van der Waals surface area contributed by atoms with E-state index in [2.05, 4.69) is 11.4 Å². The number of hydrogen-bond acceptors (Lipinski definition) is 3. The predicted octanol–water partition coefficient (Wildman–Crippen LogP) is 3.78. The highest BCUT2D eigenvalue weighted by atomic mass is 32.2. The highest BCUT2D eigenvalue weighted by Gasteiger charge is 2.18. The molecular weight excluding hydrogens is 348 g/mol. The van der Waals surface area contributed by atoms with Gasteiger partial charge < -0.3 is 5.32 Å². The Morgan fingerprint density at radius 1 is 1.15 bits per heavy atom. The minimum absolute atomic E-state index is 0.152. The van der Waals surface area contributed by atoms with E-state index in [1.807, 2.05) is 32.0 Å². The number of hydrogen-bond donors (Lipinski definition) is 1. The second kappa shape index (κ2) is 9.33. The van der Waals surface area contributed by atoms with E-state index < -0.39 is 10.0 Å². The number of nitrogens with one attached hydrogen (secondary N) is 1. The number of sulfonamides is 1. The van der Waals surface area contributed by atoms with Crippen molar-refractivity contribution in [3.63, 3.8) is 0 Å². The molecule has 0 aromatic heterocycles. The van der Waals surface area contributed by atoms with Crippen molar-refractivity contribution in [2.45, 2.75) is 52.4 Å². The fraction of sp³-hybridized carbons (Fsp3) is 0.550. The fourth-order valence-electron chi connectivity index (χ4n) is 3.11. The van der Waals surface area contributed by atoms with Gasteiger partial charge in [-0.1, -0.05) is 17.7 Å². The molecule has 0 saturated carbocycles. The van der Waals surface area contributed by atoms with Crippen molar-refractivity contribution in [2.75, 3.05) is 24.7 Å². The lowest BCUT2D eigenvalue weighted by molar-refractivity contribution is -0.116. The van der Waals surface area contributed by atoms with Crippen molar-refractivity contribution in [3.05, 3.63) is 41.0 Å². The number of carbonyl (C=O) groups is 1. The molecule has 1 N–H and O–H groups in total. The molecule has 1 aromatic rings. The van der Waals surface area contributed by atoms with Crippen LogP contribution in [0.15, 0.2) is 29.8 Å². The van der Waals surface area contributed by atoms with Crippen LogP contribution in [0.25, 0.3) is 0 Å². The van der Waals surface area contributed by atoms with Crippen LogP contribution in [0, 0.1) is 13.8 Å². The van der Waals surface area contributed by atoms with E-state index in [0.29, 0.717) is 6.54 Å². The van der Waals surface area contributed by atoms with Gasteiger partial charge in [-0.2, -0.15) is 0 Å². The first-order valence-corrected chi connectivity index (χ1v) is 11.1. The van der Waals surface area contributed by atoms with Gasteiger partial charge in [-0.25, -0.2) is 12.7 Å². The SMILES string of the molecule is Cc1ccc(NC(=O)CCN(CCC2=CCCCC2)S(C)(=O)=O)cc1C. The van der Waals surface area contributed by atoms with Crippen LogP contribution in [0.3, 0.4) is 0 Å². The van der Waals surface area contributed by atoms with Crippen LogP contribution in [0.2, 0.25) is 0 Å².